The Morgan fingerprint density at radius 2 is 1.88 bits per heavy atom. The lowest BCUT2D eigenvalue weighted by molar-refractivity contribution is -0.274. The van der Waals surface area contributed by atoms with Gasteiger partial charge in [0.15, 0.2) is 0 Å². The molecule has 1 aromatic carbocycles. The van der Waals surface area contributed by atoms with Crippen molar-refractivity contribution < 1.29 is 17.9 Å². The number of aromatic amines is 1. The Labute approximate surface area is 145 Å². The predicted octanol–water partition coefficient (Wildman–Crippen LogP) is 4.25. The molecule has 1 aliphatic heterocycles. The number of piperidine rings is 1. The number of likely N-dealkylation sites (tertiary alicyclic amines) is 1. The zero-order chi connectivity index (χ0) is 17.9. The number of benzene rings is 1. The molecule has 0 radical (unpaired) electrons. The SMILES string of the molecule is CCc1cn[nH]c1C1CCN(Cc2ccc(OC(F)(F)F)cc2)CC1. The number of nitrogens with zero attached hydrogens (tertiary/aromatic N) is 2. The summed E-state index contributed by atoms with van der Waals surface area (Å²) in [5.74, 6) is 0.331. The van der Waals surface area contributed by atoms with Crippen LogP contribution in [-0.2, 0) is 13.0 Å². The summed E-state index contributed by atoms with van der Waals surface area (Å²) < 4.78 is 40.5. The van der Waals surface area contributed by atoms with Crippen molar-refractivity contribution in [3.8, 4) is 5.75 Å². The van der Waals surface area contributed by atoms with E-state index in [9.17, 15) is 13.2 Å². The number of aromatic nitrogens is 2. The van der Waals surface area contributed by atoms with Gasteiger partial charge in [-0.3, -0.25) is 10.00 Å². The first kappa shape index (κ1) is 17.8. The molecule has 1 aromatic heterocycles. The second-order valence-corrected chi connectivity index (χ2v) is 6.40. The average molecular weight is 353 g/mol. The van der Waals surface area contributed by atoms with E-state index in [-0.39, 0.29) is 5.75 Å². The van der Waals surface area contributed by atoms with Gasteiger partial charge in [0.2, 0.25) is 0 Å². The lowest BCUT2D eigenvalue weighted by Gasteiger charge is -2.32. The summed E-state index contributed by atoms with van der Waals surface area (Å²) in [7, 11) is 0. The van der Waals surface area contributed by atoms with E-state index in [1.165, 1.54) is 23.4 Å². The van der Waals surface area contributed by atoms with E-state index in [4.69, 9.17) is 0 Å². The number of aryl methyl sites for hydroxylation is 1. The number of rotatable bonds is 5. The number of hydrogen-bond acceptors (Lipinski definition) is 3. The fourth-order valence-electron chi connectivity index (χ4n) is 3.39. The number of hydrogen-bond donors (Lipinski definition) is 1. The van der Waals surface area contributed by atoms with E-state index >= 15 is 0 Å². The van der Waals surface area contributed by atoms with Crippen LogP contribution >= 0.6 is 0 Å². The maximum absolute atomic E-state index is 12.2. The first-order valence-electron chi connectivity index (χ1n) is 8.54. The molecule has 25 heavy (non-hydrogen) atoms. The van der Waals surface area contributed by atoms with Crippen LogP contribution in [0.3, 0.4) is 0 Å². The zero-order valence-corrected chi connectivity index (χ0v) is 14.1. The normalized spacial score (nSPS) is 17.0. The zero-order valence-electron chi connectivity index (χ0n) is 14.1. The third-order valence-corrected chi connectivity index (χ3v) is 4.69. The van der Waals surface area contributed by atoms with Crippen LogP contribution in [0, 0.1) is 0 Å². The van der Waals surface area contributed by atoms with Gasteiger partial charge in [-0.1, -0.05) is 19.1 Å². The molecule has 136 valence electrons. The molecule has 1 aliphatic rings. The van der Waals surface area contributed by atoms with E-state index in [1.807, 2.05) is 6.20 Å². The second kappa shape index (κ2) is 7.47. The Morgan fingerprint density at radius 1 is 1.20 bits per heavy atom. The highest BCUT2D eigenvalue weighted by molar-refractivity contribution is 5.27. The molecule has 2 aromatic rings. The molecular weight excluding hydrogens is 331 g/mol. The van der Waals surface area contributed by atoms with Crippen molar-refractivity contribution in [2.45, 2.75) is 45.0 Å². The molecule has 0 amide bonds. The van der Waals surface area contributed by atoms with Crippen molar-refractivity contribution in [2.24, 2.45) is 0 Å². The molecular formula is C18H22F3N3O. The average Bonchev–Trinajstić information content (AvgIpc) is 3.05. The van der Waals surface area contributed by atoms with Crippen LogP contribution in [0.5, 0.6) is 5.75 Å². The summed E-state index contributed by atoms with van der Waals surface area (Å²) in [5.41, 5.74) is 3.54. The Morgan fingerprint density at radius 3 is 2.48 bits per heavy atom. The van der Waals surface area contributed by atoms with E-state index < -0.39 is 6.36 Å². The molecule has 3 rings (SSSR count). The van der Waals surface area contributed by atoms with Crippen molar-refractivity contribution in [1.29, 1.82) is 0 Å². The highest BCUT2D eigenvalue weighted by Crippen LogP contribution is 2.30. The molecule has 7 heteroatoms. The predicted molar refractivity (Wildman–Crippen MR) is 88.3 cm³/mol. The Hall–Kier alpha value is -2.02. The van der Waals surface area contributed by atoms with Crippen molar-refractivity contribution >= 4 is 0 Å². The summed E-state index contributed by atoms with van der Waals surface area (Å²) in [4.78, 5) is 2.33. The molecule has 0 spiro atoms. The van der Waals surface area contributed by atoms with Crippen molar-refractivity contribution in [1.82, 2.24) is 15.1 Å². The molecule has 0 unspecified atom stereocenters. The van der Waals surface area contributed by atoms with Gasteiger partial charge in [-0.2, -0.15) is 5.10 Å². The quantitative estimate of drug-likeness (QED) is 0.874. The number of alkyl halides is 3. The number of halogens is 3. The maximum Gasteiger partial charge on any atom is 0.573 e. The van der Waals surface area contributed by atoms with Gasteiger partial charge in [0, 0.05) is 18.2 Å². The Kier molecular flexibility index (Phi) is 5.32. The van der Waals surface area contributed by atoms with E-state index in [0.29, 0.717) is 5.92 Å². The van der Waals surface area contributed by atoms with Crippen LogP contribution in [0.25, 0.3) is 0 Å². The molecule has 2 heterocycles. The summed E-state index contributed by atoms with van der Waals surface area (Å²) in [6.45, 7) is 4.81. The lowest BCUT2D eigenvalue weighted by atomic mass is 9.90. The maximum atomic E-state index is 12.2. The third-order valence-electron chi connectivity index (χ3n) is 4.69. The summed E-state index contributed by atoms with van der Waals surface area (Å²) >= 11 is 0. The topological polar surface area (TPSA) is 41.2 Å². The molecule has 4 nitrogen and oxygen atoms in total. The first-order valence-corrected chi connectivity index (χ1v) is 8.54. The van der Waals surface area contributed by atoms with Gasteiger partial charge in [0.25, 0.3) is 0 Å². The van der Waals surface area contributed by atoms with Crippen LogP contribution < -0.4 is 4.74 Å². The smallest absolute Gasteiger partial charge is 0.406 e. The van der Waals surface area contributed by atoms with E-state index in [0.717, 1.165) is 44.5 Å². The minimum atomic E-state index is -4.65. The Balaban J connectivity index is 1.52. The Bertz CT molecular complexity index is 674. The summed E-state index contributed by atoms with van der Waals surface area (Å²) in [6.07, 6.45) is 0.368. The summed E-state index contributed by atoms with van der Waals surface area (Å²) in [5, 5.41) is 7.30. The molecule has 0 saturated carbocycles. The van der Waals surface area contributed by atoms with Crippen LogP contribution in [0.15, 0.2) is 30.5 Å². The monoisotopic (exact) mass is 353 g/mol. The fourth-order valence-corrected chi connectivity index (χ4v) is 3.39. The van der Waals surface area contributed by atoms with E-state index in [2.05, 4.69) is 26.8 Å². The van der Waals surface area contributed by atoms with Gasteiger partial charge in [0.05, 0.1) is 6.20 Å². The highest BCUT2D eigenvalue weighted by Gasteiger charge is 2.31. The van der Waals surface area contributed by atoms with Crippen molar-refractivity contribution in [3.63, 3.8) is 0 Å². The van der Waals surface area contributed by atoms with E-state index in [1.54, 1.807) is 12.1 Å². The molecule has 0 bridgehead atoms. The molecule has 0 atom stereocenters. The van der Waals surface area contributed by atoms with Crippen LogP contribution in [0.4, 0.5) is 13.2 Å². The van der Waals surface area contributed by atoms with Crippen molar-refractivity contribution in [2.75, 3.05) is 13.1 Å². The van der Waals surface area contributed by atoms with Gasteiger partial charge < -0.3 is 4.74 Å². The minimum absolute atomic E-state index is 0.179. The number of H-pyrrole nitrogens is 1. The lowest BCUT2D eigenvalue weighted by Crippen LogP contribution is -2.32. The molecule has 0 aliphatic carbocycles. The number of ether oxygens (including phenoxy) is 1. The van der Waals surface area contributed by atoms with Gasteiger partial charge in [-0.15, -0.1) is 13.2 Å². The van der Waals surface area contributed by atoms with Gasteiger partial charge in [-0.05, 0) is 55.6 Å². The minimum Gasteiger partial charge on any atom is -0.406 e. The van der Waals surface area contributed by atoms with Crippen LogP contribution in [0.1, 0.15) is 42.5 Å². The first-order chi connectivity index (χ1) is 11.9. The van der Waals surface area contributed by atoms with Gasteiger partial charge in [0.1, 0.15) is 5.75 Å². The highest BCUT2D eigenvalue weighted by atomic mass is 19.4. The second-order valence-electron chi connectivity index (χ2n) is 6.40. The molecule has 1 N–H and O–H groups in total. The van der Waals surface area contributed by atoms with Gasteiger partial charge in [-0.25, -0.2) is 0 Å². The van der Waals surface area contributed by atoms with Crippen LogP contribution in [-0.4, -0.2) is 34.5 Å². The van der Waals surface area contributed by atoms with Gasteiger partial charge >= 0.3 is 6.36 Å². The third kappa shape index (κ3) is 4.75. The molecule has 1 fully saturated rings. The summed E-state index contributed by atoms with van der Waals surface area (Å²) in [6, 6.07) is 6.12. The van der Waals surface area contributed by atoms with Crippen molar-refractivity contribution in [3.05, 3.63) is 47.3 Å². The largest absolute Gasteiger partial charge is 0.573 e. The number of nitrogens with one attached hydrogen (secondary N) is 1. The standard InChI is InChI=1S/C18H22F3N3O/c1-2-14-11-22-23-17(14)15-7-9-24(10-8-15)12-13-3-5-16(6-4-13)25-18(19,20)21/h3-6,11,15H,2,7-10,12H2,1H3,(H,22,23). The fraction of sp³-hybridized carbons (Fsp3) is 0.500. The molecule has 1 saturated heterocycles. The van der Waals surface area contributed by atoms with Crippen LogP contribution in [0.2, 0.25) is 0 Å².